The quantitative estimate of drug-likeness (QED) is 0.880. The average Bonchev–Trinajstić information content (AvgIpc) is 2.43. The molecule has 0 aliphatic carbocycles. The van der Waals surface area contributed by atoms with Gasteiger partial charge >= 0.3 is 5.97 Å². The average molecular weight is 306 g/mol. The van der Waals surface area contributed by atoms with E-state index in [9.17, 15) is 14.4 Å². The Kier molecular flexibility index (Phi) is 4.23. The number of halogens is 1. The first-order chi connectivity index (χ1) is 9.90. The van der Waals surface area contributed by atoms with E-state index in [1.807, 2.05) is 0 Å². The fourth-order valence-corrected chi connectivity index (χ4v) is 2.03. The predicted octanol–water partition coefficient (Wildman–Crippen LogP) is 2.39. The Hall–Kier alpha value is -2.40. The number of carboxylic acid groups (broad SMARTS) is 1. The number of carboxylic acids is 1. The van der Waals surface area contributed by atoms with E-state index < -0.39 is 11.5 Å². The molecule has 2 rings (SSSR count). The Morgan fingerprint density at radius 3 is 2.33 bits per heavy atom. The second-order valence-corrected chi connectivity index (χ2v) is 4.95. The molecule has 6 heteroatoms. The van der Waals surface area contributed by atoms with Crippen LogP contribution in [0.4, 0.5) is 0 Å². The van der Waals surface area contributed by atoms with Gasteiger partial charge in [0.25, 0.3) is 5.56 Å². The highest BCUT2D eigenvalue weighted by Crippen LogP contribution is 2.11. The first-order valence-corrected chi connectivity index (χ1v) is 6.50. The predicted molar refractivity (Wildman–Crippen MR) is 78.2 cm³/mol. The van der Waals surface area contributed by atoms with Gasteiger partial charge in [0, 0.05) is 16.3 Å². The summed E-state index contributed by atoms with van der Waals surface area (Å²) >= 11 is 5.75. The third kappa shape index (κ3) is 3.20. The molecule has 21 heavy (non-hydrogen) atoms. The molecule has 0 aliphatic rings. The molecule has 0 saturated carbocycles. The summed E-state index contributed by atoms with van der Waals surface area (Å²) in [4.78, 5) is 35.2. The molecule has 2 aromatic rings. The van der Waals surface area contributed by atoms with E-state index in [1.165, 1.54) is 12.1 Å². The third-order valence-corrected chi connectivity index (χ3v) is 3.34. The maximum atomic E-state index is 12.2. The minimum absolute atomic E-state index is 0.215. The van der Waals surface area contributed by atoms with Crippen molar-refractivity contribution in [3.63, 3.8) is 0 Å². The van der Waals surface area contributed by atoms with Crippen molar-refractivity contribution in [2.75, 3.05) is 0 Å². The fourth-order valence-electron chi connectivity index (χ4n) is 1.90. The first-order valence-electron chi connectivity index (χ1n) is 6.12. The van der Waals surface area contributed by atoms with Crippen LogP contribution in [0.15, 0.2) is 41.2 Å². The maximum absolute atomic E-state index is 12.2. The molecule has 0 unspecified atom stereocenters. The molecule has 108 valence electrons. The summed E-state index contributed by atoms with van der Waals surface area (Å²) in [5, 5.41) is 9.46. The summed E-state index contributed by atoms with van der Waals surface area (Å²) in [5.41, 5.74) is -0.118. The van der Waals surface area contributed by atoms with Crippen LogP contribution in [0, 0.1) is 6.92 Å². The summed E-state index contributed by atoms with van der Waals surface area (Å²) in [6.07, 6.45) is 0. The van der Waals surface area contributed by atoms with E-state index in [1.54, 1.807) is 31.2 Å². The first kappa shape index (κ1) is 15.0. The number of pyridine rings is 1. The summed E-state index contributed by atoms with van der Waals surface area (Å²) in [7, 11) is 0. The van der Waals surface area contributed by atoms with Crippen molar-refractivity contribution >= 4 is 23.4 Å². The zero-order valence-electron chi connectivity index (χ0n) is 11.2. The second-order valence-electron chi connectivity index (χ2n) is 4.51. The number of carbonyl (C=O) groups excluding carboxylic acids is 1. The summed E-state index contributed by atoms with van der Waals surface area (Å²) in [6, 6.07) is 9.03. The van der Waals surface area contributed by atoms with Crippen molar-refractivity contribution in [1.82, 2.24) is 4.57 Å². The third-order valence-electron chi connectivity index (χ3n) is 3.09. The van der Waals surface area contributed by atoms with Gasteiger partial charge in [-0.1, -0.05) is 11.6 Å². The zero-order chi connectivity index (χ0) is 15.6. The number of hydrogen-bond donors (Lipinski definition) is 1. The highest BCUT2D eigenvalue weighted by atomic mass is 35.5. The molecule has 0 fully saturated rings. The lowest BCUT2D eigenvalue weighted by molar-refractivity contribution is 0.0693. The molecule has 0 aliphatic heterocycles. The van der Waals surface area contributed by atoms with Gasteiger partial charge in [0.1, 0.15) is 5.56 Å². The zero-order valence-corrected chi connectivity index (χ0v) is 11.9. The molecule has 0 atom stereocenters. The van der Waals surface area contributed by atoms with E-state index in [0.29, 0.717) is 16.3 Å². The fraction of sp³-hybridized carbons (Fsp3) is 0.133. The van der Waals surface area contributed by atoms with Crippen LogP contribution in [0.1, 0.15) is 26.4 Å². The molecule has 0 spiro atoms. The summed E-state index contributed by atoms with van der Waals surface area (Å²) in [6.45, 7) is 1.43. The number of carbonyl (C=O) groups is 2. The topological polar surface area (TPSA) is 76.4 Å². The number of aromatic nitrogens is 1. The molecule has 0 saturated heterocycles. The van der Waals surface area contributed by atoms with Gasteiger partial charge in [0.05, 0.1) is 6.54 Å². The molecular formula is C15H12ClNO4. The van der Waals surface area contributed by atoms with Crippen LogP contribution in [0.25, 0.3) is 0 Å². The van der Waals surface area contributed by atoms with Gasteiger partial charge in [-0.15, -0.1) is 0 Å². The van der Waals surface area contributed by atoms with E-state index >= 15 is 0 Å². The lowest BCUT2D eigenvalue weighted by Crippen LogP contribution is -2.30. The maximum Gasteiger partial charge on any atom is 0.341 e. The van der Waals surface area contributed by atoms with Crippen molar-refractivity contribution in [2.45, 2.75) is 13.5 Å². The van der Waals surface area contributed by atoms with Gasteiger partial charge in [0.2, 0.25) is 0 Å². The van der Waals surface area contributed by atoms with E-state index in [-0.39, 0.29) is 17.9 Å². The molecular weight excluding hydrogens is 294 g/mol. The minimum Gasteiger partial charge on any atom is -0.477 e. The number of aryl methyl sites for hydroxylation is 1. The Bertz CT molecular complexity index is 762. The van der Waals surface area contributed by atoms with Crippen LogP contribution in [0.5, 0.6) is 0 Å². The number of rotatable bonds is 4. The number of benzene rings is 1. The normalized spacial score (nSPS) is 10.4. The molecule has 1 heterocycles. The Balaban J connectivity index is 2.37. The second kappa shape index (κ2) is 5.93. The Morgan fingerprint density at radius 2 is 1.76 bits per heavy atom. The van der Waals surface area contributed by atoms with Crippen molar-refractivity contribution < 1.29 is 14.7 Å². The van der Waals surface area contributed by atoms with Crippen molar-refractivity contribution in [1.29, 1.82) is 0 Å². The highest BCUT2D eigenvalue weighted by Gasteiger charge is 2.15. The van der Waals surface area contributed by atoms with Gasteiger partial charge in [0.15, 0.2) is 5.78 Å². The highest BCUT2D eigenvalue weighted by molar-refractivity contribution is 6.30. The Labute approximate surface area is 125 Å². The lowest BCUT2D eigenvalue weighted by Gasteiger charge is -2.10. The van der Waals surface area contributed by atoms with Gasteiger partial charge in [-0.3, -0.25) is 9.59 Å². The molecule has 0 bridgehead atoms. The van der Waals surface area contributed by atoms with Crippen molar-refractivity contribution in [3.05, 3.63) is 68.6 Å². The summed E-state index contributed by atoms with van der Waals surface area (Å²) < 4.78 is 1.15. The monoisotopic (exact) mass is 305 g/mol. The van der Waals surface area contributed by atoms with Crippen molar-refractivity contribution in [3.8, 4) is 0 Å². The van der Waals surface area contributed by atoms with Crippen LogP contribution >= 0.6 is 11.6 Å². The number of hydrogen-bond acceptors (Lipinski definition) is 3. The van der Waals surface area contributed by atoms with E-state index in [0.717, 1.165) is 4.57 Å². The molecule has 0 radical (unpaired) electrons. The minimum atomic E-state index is -1.31. The van der Waals surface area contributed by atoms with Crippen LogP contribution in [-0.4, -0.2) is 21.4 Å². The molecule has 0 amide bonds. The molecule has 1 N–H and O–H groups in total. The smallest absolute Gasteiger partial charge is 0.341 e. The number of nitrogens with zero attached hydrogens (tertiary/aromatic N) is 1. The van der Waals surface area contributed by atoms with Gasteiger partial charge in [-0.2, -0.15) is 0 Å². The van der Waals surface area contributed by atoms with Gasteiger partial charge in [-0.05, 0) is 43.3 Å². The van der Waals surface area contributed by atoms with Gasteiger partial charge < -0.3 is 9.67 Å². The number of ketones is 1. The largest absolute Gasteiger partial charge is 0.477 e. The van der Waals surface area contributed by atoms with E-state index in [4.69, 9.17) is 16.7 Å². The van der Waals surface area contributed by atoms with Crippen LogP contribution in [0.3, 0.4) is 0 Å². The number of aromatic carboxylic acids is 1. The molecule has 1 aromatic heterocycles. The van der Waals surface area contributed by atoms with Crippen LogP contribution in [0.2, 0.25) is 5.02 Å². The van der Waals surface area contributed by atoms with Crippen LogP contribution < -0.4 is 5.56 Å². The summed E-state index contributed by atoms with van der Waals surface area (Å²) in [5.74, 6) is -1.60. The van der Waals surface area contributed by atoms with Crippen molar-refractivity contribution in [2.24, 2.45) is 0 Å². The Morgan fingerprint density at radius 1 is 1.14 bits per heavy atom. The molecule has 5 nitrogen and oxygen atoms in total. The lowest BCUT2D eigenvalue weighted by atomic mass is 10.1. The van der Waals surface area contributed by atoms with E-state index in [2.05, 4.69) is 0 Å². The standard InChI is InChI=1S/C15H12ClNO4/c1-9-2-7-12(15(20)21)14(19)17(9)8-13(18)10-3-5-11(16)6-4-10/h2-7H,8H2,1H3,(H,20,21). The number of Topliss-reactive ketones (excluding diaryl/α,β-unsaturated/α-hetero) is 1. The van der Waals surface area contributed by atoms with Gasteiger partial charge in [-0.25, -0.2) is 4.79 Å². The molecule has 1 aromatic carbocycles. The SMILES string of the molecule is Cc1ccc(C(=O)O)c(=O)n1CC(=O)c1ccc(Cl)cc1. The van der Waals surface area contributed by atoms with Crippen LogP contribution in [-0.2, 0) is 6.54 Å².